The monoisotopic (exact) mass is 299 g/mol. The third kappa shape index (κ3) is 4.88. The lowest BCUT2D eigenvalue weighted by Gasteiger charge is -2.29. The molecule has 2 amide bonds. The maximum Gasteiger partial charge on any atom is 0.410 e. The summed E-state index contributed by atoms with van der Waals surface area (Å²) < 4.78 is 5.35. The van der Waals surface area contributed by atoms with Crippen molar-refractivity contribution in [2.24, 2.45) is 11.7 Å². The molecule has 1 aliphatic rings. The Hall–Kier alpha value is -1.30. The van der Waals surface area contributed by atoms with Crippen LogP contribution in [0.2, 0.25) is 0 Å². The summed E-state index contributed by atoms with van der Waals surface area (Å²) in [7, 11) is 1.72. The molecule has 0 aromatic rings. The lowest BCUT2D eigenvalue weighted by Crippen LogP contribution is -2.47. The lowest BCUT2D eigenvalue weighted by molar-refractivity contribution is -0.132. The molecule has 1 aliphatic heterocycles. The minimum Gasteiger partial charge on any atom is -0.444 e. The predicted molar refractivity (Wildman–Crippen MR) is 81.8 cm³/mol. The highest BCUT2D eigenvalue weighted by atomic mass is 16.6. The number of carbonyl (C=O) groups is 2. The fourth-order valence-corrected chi connectivity index (χ4v) is 2.24. The van der Waals surface area contributed by atoms with Gasteiger partial charge in [-0.15, -0.1) is 0 Å². The van der Waals surface area contributed by atoms with Gasteiger partial charge in [-0.3, -0.25) is 4.79 Å². The number of hydrogen-bond donors (Lipinski definition) is 1. The zero-order valence-corrected chi connectivity index (χ0v) is 14.0. The van der Waals surface area contributed by atoms with Gasteiger partial charge < -0.3 is 20.3 Å². The van der Waals surface area contributed by atoms with Crippen LogP contribution in [0.5, 0.6) is 0 Å². The molecule has 0 spiro atoms. The largest absolute Gasteiger partial charge is 0.444 e. The van der Waals surface area contributed by atoms with Crippen molar-refractivity contribution in [2.45, 2.75) is 58.7 Å². The van der Waals surface area contributed by atoms with Crippen LogP contribution in [0.15, 0.2) is 0 Å². The smallest absolute Gasteiger partial charge is 0.410 e. The Bertz CT molecular complexity index is 390. The van der Waals surface area contributed by atoms with Crippen LogP contribution < -0.4 is 5.73 Å². The fourth-order valence-electron chi connectivity index (χ4n) is 2.24. The van der Waals surface area contributed by atoms with Crippen molar-refractivity contribution in [3.8, 4) is 0 Å². The van der Waals surface area contributed by atoms with Gasteiger partial charge in [0.25, 0.3) is 0 Å². The van der Waals surface area contributed by atoms with Gasteiger partial charge in [0.05, 0.1) is 12.1 Å². The minimum atomic E-state index is -0.514. The second-order valence-corrected chi connectivity index (χ2v) is 7.09. The molecule has 0 aromatic carbocycles. The summed E-state index contributed by atoms with van der Waals surface area (Å²) in [5.41, 5.74) is 5.39. The summed E-state index contributed by atoms with van der Waals surface area (Å²) in [6.07, 6.45) is 0.404. The van der Waals surface area contributed by atoms with Crippen LogP contribution in [-0.2, 0) is 9.53 Å². The number of likely N-dealkylation sites (tertiary alicyclic amines) is 1. The van der Waals surface area contributed by atoms with Crippen molar-refractivity contribution in [3.05, 3.63) is 0 Å². The number of nitrogens with two attached hydrogens (primary N) is 1. The molecule has 0 radical (unpaired) electrons. The molecule has 2 atom stereocenters. The third-order valence-corrected chi connectivity index (χ3v) is 3.71. The molecule has 0 saturated carbocycles. The Labute approximate surface area is 127 Å². The normalized spacial score (nSPS) is 20.6. The number of hydrogen-bond acceptors (Lipinski definition) is 4. The molecule has 122 valence electrons. The standard InChI is InChI=1S/C15H29N3O3/c1-10(2)12(16)13(19)18-8-7-11(9-18)17(6)14(20)21-15(3,4)5/h10-12H,7-9,16H2,1-6H3/t11-,12+/m1/s1. The molecule has 0 aromatic heterocycles. The highest BCUT2D eigenvalue weighted by Crippen LogP contribution is 2.19. The average Bonchev–Trinajstić information content (AvgIpc) is 2.83. The van der Waals surface area contributed by atoms with Gasteiger partial charge in [0.15, 0.2) is 0 Å². The zero-order valence-electron chi connectivity index (χ0n) is 14.0. The van der Waals surface area contributed by atoms with E-state index in [2.05, 4.69) is 0 Å². The van der Waals surface area contributed by atoms with Crippen LogP contribution in [0.1, 0.15) is 41.0 Å². The van der Waals surface area contributed by atoms with Crippen LogP contribution >= 0.6 is 0 Å². The zero-order chi connectivity index (χ0) is 16.4. The summed E-state index contributed by atoms with van der Waals surface area (Å²) in [6, 6.07) is -0.487. The SMILES string of the molecule is CC(C)[C@H](N)C(=O)N1CC[C@@H](N(C)C(=O)OC(C)(C)C)C1. The number of likely N-dealkylation sites (N-methyl/N-ethyl adjacent to an activating group) is 1. The number of ether oxygens (including phenoxy) is 1. The highest BCUT2D eigenvalue weighted by Gasteiger charge is 2.34. The first-order valence-electron chi connectivity index (χ1n) is 7.53. The van der Waals surface area contributed by atoms with E-state index in [9.17, 15) is 9.59 Å². The second-order valence-electron chi connectivity index (χ2n) is 7.09. The van der Waals surface area contributed by atoms with E-state index in [1.54, 1.807) is 16.8 Å². The van der Waals surface area contributed by atoms with E-state index in [-0.39, 0.29) is 24.0 Å². The number of amides is 2. The van der Waals surface area contributed by atoms with E-state index in [1.807, 2.05) is 34.6 Å². The summed E-state index contributed by atoms with van der Waals surface area (Å²) >= 11 is 0. The Morgan fingerprint density at radius 1 is 1.33 bits per heavy atom. The first-order chi connectivity index (χ1) is 9.53. The first-order valence-corrected chi connectivity index (χ1v) is 7.53. The van der Waals surface area contributed by atoms with Gasteiger partial charge in [0.2, 0.25) is 5.91 Å². The van der Waals surface area contributed by atoms with Crippen LogP contribution in [0.3, 0.4) is 0 Å². The minimum absolute atomic E-state index is 0.0110. The molecule has 6 nitrogen and oxygen atoms in total. The number of rotatable bonds is 3. The highest BCUT2D eigenvalue weighted by molar-refractivity contribution is 5.82. The molecule has 1 fully saturated rings. The van der Waals surface area contributed by atoms with Crippen molar-refractivity contribution in [3.63, 3.8) is 0 Å². The number of carbonyl (C=O) groups excluding carboxylic acids is 2. The summed E-state index contributed by atoms with van der Waals surface area (Å²) in [5.74, 6) is 0.0743. The molecular formula is C15H29N3O3. The van der Waals surface area contributed by atoms with Gasteiger partial charge >= 0.3 is 6.09 Å². The molecular weight excluding hydrogens is 270 g/mol. The molecule has 1 heterocycles. The molecule has 0 unspecified atom stereocenters. The molecule has 0 bridgehead atoms. The van der Waals surface area contributed by atoms with Gasteiger partial charge in [0, 0.05) is 20.1 Å². The second kappa shape index (κ2) is 6.64. The average molecular weight is 299 g/mol. The third-order valence-electron chi connectivity index (χ3n) is 3.71. The first kappa shape index (κ1) is 17.8. The van der Waals surface area contributed by atoms with Gasteiger partial charge in [-0.1, -0.05) is 13.8 Å². The summed E-state index contributed by atoms with van der Waals surface area (Å²) in [5, 5.41) is 0. The lowest BCUT2D eigenvalue weighted by atomic mass is 10.0. The van der Waals surface area contributed by atoms with Gasteiger partial charge in [-0.25, -0.2) is 4.79 Å². The van der Waals surface area contributed by atoms with Gasteiger partial charge in [-0.2, -0.15) is 0 Å². The molecule has 0 aliphatic carbocycles. The maximum absolute atomic E-state index is 12.2. The fraction of sp³-hybridized carbons (Fsp3) is 0.867. The van der Waals surface area contributed by atoms with Crippen LogP contribution in [0, 0.1) is 5.92 Å². The van der Waals surface area contributed by atoms with Gasteiger partial charge in [-0.05, 0) is 33.1 Å². The summed E-state index contributed by atoms with van der Waals surface area (Å²) in [6.45, 7) is 10.5. The van der Waals surface area contributed by atoms with E-state index < -0.39 is 11.6 Å². The van der Waals surface area contributed by atoms with E-state index in [0.717, 1.165) is 6.42 Å². The van der Waals surface area contributed by atoms with E-state index in [4.69, 9.17) is 10.5 Å². The topological polar surface area (TPSA) is 75.9 Å². The van der Waals surface area contributed by atoms with E-state index in [1.165, 1.54) is 0 Å². The predicted octanol–water partition coefficient (Wildman–Crippen LogP) is 1.44. The maximum atomic E-state index is 12.2. The van der Waals surface area contributed by atoms with Crippen LogP contribution in [0.4, 0.5) is 4.79 Å². The Kier molecular flexibility index (Phi) is 5.61. The molecule has 21 heavy (non-hydrogen) atoms. The Morgan fingerprint density at radius 2 is 1.90 bits per heavy atom. The Balaban J connectivity index is 2.58. The van der Waals surface area contributed by atoms with Crippen molar-refractivity contribution >= 4 is 12.0 Å². The van der Waals surface area contributed by atoms with Crippen molar-refractivity contribution in [1.82, 2.24) is 9.80 Å². The number of nitrogens with zero attached hydrogens (tertiary/aromatic N) is 2. The molecule has 2 N–H and O–H groups in total. The molecule has 1 saturated heterocycles. The quantitative estimate of drug-likeness (QED) is 0.855. The van der Waals surface area contributed by atoms with E-state index in [0.29, 0.717) is 13.1 Å². The molecule has 6 heteroatoms. The van der Waals surface area contributed by atoms with Gasteiger partial charge in [0.1, 0.15) is 5.60 Å². The van der Waals surface area contributed by atoms with Crippen LogP contribution in [-0.4, -0.2) is 59.6 Å². The van der Waals surface area contributed by atoms with Crippen molar-refractivity contribution in [2.75, 3.05) is 20.1 Å². The summed E-state index contributed by atoms with van der Waals surface area (Å²) in [4.78, 5) is 27.6. The van der Waals surface area contributed by atoms with Crippen molar-refractivity contribution < 1.29 is 14.3 Å². The van der Waals surface area contributed by atoms with Crippen LogP contribution in [0.25, 0.3) is 0 Å². The van der Waals surface area contributed by atoms with E-state index >= 15 is 0 Å². The molecule has 1 rings (SSSR count). The van der Waals surface area contributed by atoms with Crippen molar-refractivity contribution in [1.29, 1.82) is 0 Å². The Morgan fingerprint density at radius 3 is 2.38 bits per heavy atom.